The van der Waals surface area contributed by atoms with E-state index in [4.69, 9.17) is 4.52 Å². The van der Waals surface area contributed by atoms with Crippen molar-refractivity contribution < 1.29 is 4.52 Å². The summed E-state index contributed by atoms with van der Waals surface area (Å²) in [5.74, 6) is 1.49. The highest BCUT2D eigenvalue weighted by Crippen LogP contribution is 2.30. The zero-order valence-electron chi connectivity index (χ0n) is 11.8. The third kappa shape index (κ3) is 3.15. The van der Waals surface area contributed by atoms with Crippen LogP contribution in [0.5, 0.6) is 0 Å². The molecule has 2 fully saturated rings. The summed E-state index contributed by atoms with van der Waals surface area (Å²) < 4.78 is 5.26. The molecule has 0 atom stereocenters. The molecule has 3 rings (SSSR count). The SMILES string of the molecule is Cc1noc(CN2CCCNC3(CCCCC3)C2)n1. The van der Waals surface area contributed by atoms with Crippen molar-refractivity contribution in [3.8, 4) is 0 Å². The minimum Gasteiger partial charge on any atom is -0.338 e. The lowest BCUT2D eigenvalue weighted by molar-refractivity contribution is 0.148. The second-order valence-corrected chi connectivity index (χ2v) is 6.07. The van der Waals surface area contributed by atoms with Crippen molar-refractivity contribution in [2.75, 3.05) is 19.6 Å². The van der Waals surface area contributed by atoms with Crippen LogP contribution < -0.4 is 5.32 Å². The summed E-state index contributed by atoms with van der Waals surface area (Å²) in [5.41, 5.74) is 0.337. The summed E-state index contributed by atoms with van der Waals surface area (Å²) in [7, 11) is 0. The molecular formula is C14H24N4O. The van der Waals surface area contributed by atoms with Crippen LogP contribution in [0.4, 0.5) is 0 Å². The van der Waals surface area contributed by atoms with Crippen molar-refractivity contribution in [2.24, 2.45) is 0 Å². The summed E-state index contributed by atoms with van der Waals surface area (Å²) in [5, 5.41) is 7.69. The van der Waals surface area contributed by atoms with Crippen molar-refractivity contribution in [1.29, 1.82) is 0 Å². The average molecular weight is 264 g/mol. The zero-order valence-corrected chi connectivity index (χ0v) is 11.8. The molecule has 0 amide bonds. The van der Waals surface area contributed by atoms with Crippen LogP contribution >= 0.6 is 0 Å². The summed E-state index contributed by atoms with van der Waals surface area (Å²) >= 11 is 0. The molecule has 0 bridgehead atoms. The molecule has 2 aliphatic rings. The lowest BCUT2D eigenvalue weighted by Gasteiger charge is -2.39. The fraction of sp³-hybridized carbons (Fsp3) is 0.857. The van der Waals surface area contributed by atoms with Crippen LogP contribution in [0.25, 0.3) is 0 Å². The van der Waals surface area contributed by atoms with E-state index in [0.29, 0.717) is 5.54 Å². The van der Waals surface area contributed by atoms with Crippen molar-refractivity contribution in [1.82, 2.24) is 20.4 Å². The second-order valence-electron chi connectivity index (χ2n) is 6.07. The van der Waals surface area contributed by atoms with Gasteiger partial charge in [-0.15, -0.1) is 0 Å². The molecule has 1 N–H and O–H groups in total. The van der Waals surface area contributed by atoms with E-state index >= 15 is 0 Å². The van der Waals surface area contributed by atoms with Crippen molar-refractivity contribution in [3.63, 3.8) is 0 Å². The largest absolute Gasteiger partial charge is 0.338 e. The van der Waals surface area contributed by atoms with E-state index < -0.39 is 0 Å². The van der Waals surface area contributed by atoms with Crippen molar-refractivity contribution in [3.05, 3.63) is 11.7 Å². The Hall–Kier alpha value is -0.940. The van der Waals surface area contributed by atoms with Gasteiger partial charge >= 0.3 is 0 Å². The van der Waals surface area contributed by atoms with Crippen LogP contribution in [0.1, 0.15) is 50.2 Å². The maximum absolute atomic E-state index is 5.26. The fourth-order valence-corrected chi connectivity index (χ4v) is 3.51. The Labute approximate surface area is 114 Å². The number of rotatable bonds is 2. The number of aromatic nitrogens is 2. The Morgan fingerprint density at radius 2 is 2.11 bits per heavy atom. The number of aryl methyl sites for hydroxylation is 1. The van der Waals surface area contributed by atoms with Gasteiger partial charge in [0.05, 0.1) is 6.54 Å². The van der Waals surface area contributed by atoms with Gasteiger partial charge in [0.25, 0.3) is 0 Å². The van der Waals surface area contributed by atoms with Crippen LogP contribution in [-0.4, -0.2) is 40.2 Å². The molecule has 0 aromatic carbocycles. The van der Waals surface area contributed by atoms with E-state index in [1.54, 1.807) is 0 Å². The number of hydrogen-bond acceptors (Lipinski definition) is 5. The number of hydrogen-bond donors (Lipinski definition) is 1. The predicted octanol–water partition coefficient (Wildman–Crippen LogP) is 1.88. The van der Waals surface area contributed by atoms with Gasteiger partial charge in [-0.3, -0.25) is 4.90 Å². The summed E-state index contributed by atoms with van der Waals surface area (Å²) in [4.78, 5) is 6.81. The Kier molecular flexibility index (Phi) is 3.84. The molecule has 1 aromatic rings. The second kappa shape index (κ2) is 5.59. The van der Waals surface area contributed by atoms with Crippen LogP contribution in [0.3, 0.4) is 0 Å². The van der Waals surface area contributed by atoms with Gasteiger partial charge in [-0.05, 0) is 39.3 Å². The Morgan fingerprint density at radius 3 is 2.84 bits per heavy atom. The summed E-state index contributed by atoms with van der Waals surface area (Å²) in [6, 6.07) is 0. The average Bonchev–Trinajstić information content (AvgIpc) is 2.71. The van der Waals surface area contributed by atoms with Crippen molar-refractivity contribution >= 4 is 0 Å². The molecule has 5 heteroatoms. The molecule has 2 heterocycles. The lowest BCUT2D eigenvalue weighted by atomic mass is 9.81. The smallest absolute Gasteiger partial charge is 0.240 e. The first-order valence-corrected chi connectivity index (χ1v) is 7.52. The van der Waals surface area contributed by atoms with Gasteiger partial charge in [0.1, 0.15) is 0 Å². The maximum atomic E-state index is 5.26. The van der Waals surface area contributed by atoms with Gasteiger partial charge in [-0.25, -0.2) is 0 Å². The number of nitrogens with zero attached hydrogens (tertiary/aromatic N) is 3. The van der Waals surface area contributed by atoms with Gasteiger partial charge < -0.3 is 9.84 Å². The van der Waals surface area contributed by atoms with Gasteiger partial charge in [-0.2, -0.15) is 4.98 Å². The molecule has 5 nitrogen and oxygen atoms in total. The maximum Gasteiger partial charge on any atom is 0.240 e. The van der Waals surface area contributed by atoms with Gasteiger partial charge in [0.2, 0.25) is 5.89 Å². The van der Waals surface area contributed by atoms with Gasteiger partial charge in [0, 0.05) is 12.1 Å². The highest BCUT2D eigenvalue weighted by atomic mass is 16.5. The zero-order chi connectivity index (χ0) is 13.1. The minimum absolute atomic E-state index is 0.337. The molecule has 0 radical (unpaired) electrons. The van der Waals surface area contributed by atoms with E-state index in [1.165, 1.54) is 38.5 Å². The summed E-state index contributed by atoms with van der Waals surface area (Å²) in [6.07, 6.45) is 7.95. The molecule has 0 unspecified atom stereocenters. The van der Waals surface area contributed by atoms with E-state index in [2.05, 4.69) is 20.4 Å². The molecule has 1 spiro atoms. The Balaban J connectivity index is 1.67. The molecule has 1 saturated carbocycles. The third-order valence-electron chi connectivity index (χ3n) is 4.42. The van der Waals surface area contributed by atoms with Crippen LogP contribution in [-0.2, 0) is 6.54 Å². The van der Waals surface area contributed by atoms with Gasteiger partial charge in [0.15, 0.2) is 5.82 Å². The first-order valence-electron chi connectivity index (χ1n) is 7.52. The van der Waals surface area contributed by atoms with E-state index in [1.807, 2.05) is 6.92 Å². The molecule has 1 saturated heterocycles. The predicted molar refractivity (Wildman–Crippen MR) is 72.7 cm³/mol. The van der Waals surface area contributed by atoms with E-state index in [-0.39, 0.29) is 0 Å². The Morgan fingerprint density at radius 1 is 1.26 bits per heavy atom. The lowest BCUT2D eigenvalue weighted by Crippen LogP contribution is -2.52. The molecule has 19 heavy (non-hydrogen) atoms. The first kappa shape index (κ1) is 13.1. The normalized spacial score (nSPS) is 24.5. The van der Waals surface area contributed by atoms with Crippen LogP contribution in [0.2, 0.25) is 0 Å². The minimum atomic E-state index is 0.337. The highest BCUT2D eigenvalue weighted by Gasteiger charge is 2.35. The van der Waals surface area contributed by atoms with Gasteiger partial charge in [-0.1, -0.05) is 24.4 Å². The monoisotopic (exact) mass is 264 g/mol. The summed E-state index contributed by atoms with van der Waals surface area (Å²) in [6.45, 7) is 6.05. The molecule has 1 aliphatic carbocycles. The fourth-order valence-electron chi connectivity index (χ4n) is 3.51. The molecular weight excluding hydrogens is 240 g/mol. The molecule has 1 aromatic heterocycles. The Bertz CT molecular complexity index is 411. The molecule has 106 valence electrons. The molecule has 1 aliphatic heterocycles. The quantitative estimate of drug-likeness (QED) is 0.884. The van der Waals surface area contributed by atoms with E-state index in [0.717, 1.165) is 37.9 Å². The van der Waals surface area contributed by atoms with Crippen LogP contribution in [0.15, 0.2) is 4.52 Å². The third-order valence-corrected chi connectivity index (χ3v) is 4.42. The first-order chi connectivity index (χ1) is 9.26. The van der Waals surface area contributed by atoms with Crippen molar-refractivity contribution in [2.45, 2.75) is 57.5 Å². The number of nitrogens with one attached hydrogen (secondary N) is 1. The highest BCUT2D eigenvalue weighted by molar-refractivity contribution is 4.96. The van der Waals surface area contributed by atoms with E-state index in [9.17, 15) is 0 Å². The van der Waals surface area contributed by atoms with Crippen LogP contribution in [0, 0.1) is 6.92 Å². The topological polar surface area (TPSA) is 54.2 Å². The standard InChI is InChI=1S/C14H24N4O/c1-12-16-13(19-17-12)10-18-9-5-8-15-14(11-18)6-3-2-4-7-14/h15H,2-11H2,1H3.